The fourth-order valence-corrected chi connectivity index (χ4v) is 2.83. The normalized spacial score (nSPS) is 14.7. The van der Waals surface area contributed by atoms with E-state index in [1.165, 1.54) is 11.1 Å². The van der Waals surface area contributed by atoms with Gasteiger partial charge < -0.3 is 10.5 Å². The Kier molecular flexibility index (Phi) is 4.41. The Hall–Kier alpha value is -2.00. The van der Waals surface area contributed by atoms with Crippen molar-refractivity contribution in [2.75, 3.05) is 25.4 Å². The molecule has 1 aliphatic heterocycles. The Labute approximate surface area is 126 Å². The van der Waals surface area contributed by atoms with Crippen molar-refractivity contribution in [3.05, 3.63) is 59.7 Å². The molecule has 2 aromatic carbocycles. The quantitative estimate of drug-likeness (QED) is 0.676. The van der Waals surface area contributed by atoms with E-state index in [0.717, 1.165) is 50.5 Å². The predicted molar refractivity (Wildman–Crippen MR) is 86.4 cm³/mol. The number of hydrogen-bond donors (Lipinski definition) is 1. The summed E-state index contributed by atoms with van der Waals surface area (Å²) in [5, 5.41) is 0. The van der Waals surface area contributed by atoms with Crippen molar-refractivity contribution < 1.29 is 4.74 Å². The molecular formula is C18H22N2O. The summed E-state index contributed by atoms with van der Waals surface area (Å²) in [4.78, 5) is 2.51. The molecule has 0 aliphatic carbocycles. The van der Waals surface area contributed by atoms with Gasteiger partial charge in [-0.15, -0.1) is 0 Å². The summed E-state index contributed by atoms with van der Waals surface area (Å²) in [5.41, 5.74) is 9.46. The van der Waals surface area contributed by atoms with E-state index in [0.29, 0.717) is 0 Å². The molecule has 0 unspecified atom stereocenters. The van der Waals surface area contributed by atoms with E-state index >= 15 is 0 Å². The van der Waals surface area contributed by atoms with E-state index in [1.54, 1.807) is 0 Å². The fraction of sp³-hybridized carbons (Fsp3) is 0.333. The van der Waals surface area contributed by atoms with Gasteiger partial charge in [-0.1, -0.05) is 30.3 Å². The van der Waals surface area contributed by atoms with Gasteiger partial charge in [0, 0.05) is 31.4 Å². The van der Waals surface area contributed by atoms with Gasteiger partial charge in [-0.3, -0.25) is 4.90 Å². The van der Waals surface area contributed by atoms with E-state index in [2.05, 4.69) is 29.2 Å². The van der Waals surface area contributed by atoms with E-state index < -0.39 is 0 Å². The minimum absolute atomic E-state index is 0.738. The minimum Gasteiger partial charge on any atom is -0.493 e. The zero-order chi connectivity index (χ0) is 14.5. The van der Waals surface area contributed by atoms with Crippen molar-refractivity contribution >= 4 is 5.69 Å². The van der Waals surface area contributed by atoms with Crippen LogP contribution in [0.3, 0.4) is 0 Å². The van der Waals surface area contributed by atoms with Crippen LogP contribution in [0.5, 0.6) is 5.75 Å². The number of nitrogen functional groups attached to an aromatic ring is 1. The highest BCUT2D eigenvalue weighted by Crippen LogP contribution is 2.19. The van der Waals surface area contributed by atoms with Crippen molar-refractivity contribution in [1.82, 2.24) is 4.90 Å². The molecule has 21 heavy (non-hydrogen) atoms. The summed E-state index contributed by atoms with van der Waals surface area (Å²) in [6, 6.07) is 16.4. The highest BCUT2D eigenvalue weighted by molar-refractivity contribution is 5.43. The summed E-state index contributed by atoms with van der Waals surface area (Å²) in [5.74, 6) is 0.860. The Morgan fingerprint density at radius 2 is 1.90 bits per heavy atom. The largest absolute Gasteiger partial charge is 0.493 e. The van der Waals surface area contributed by atoms with Crippen molar-refractivity contribution in [2.45, 2.75) is 19.4 Å². The van der Waals surface area contributed by atoms with Gasteiger partial charge in [0.05, 0.1) is 6.61 Å². The number of fused-ring (bicyclic) bond motifs is 1. The molecule has 3 nitrogen and oxygen atoms in total. The maximum Gasteiger partial charge on any atom is 0.121 e. The van der Waals surface area contributed by atoms with Crippen LogP contribution in [0.1, 0.15) is 17.5 Å². The third-order valence-corrected chi connectivity index (χ3v) is 3.96. The standard InChI is InChI=1S/C18H22N2O/c19-17-7-3-8-18(13-17)21-12-4-10-20-11-9-15-5-1-2-6-16(15)14-20/h1-3,5-8,13H,4,9-12,14,19H2. The molecule has 0 fully saturated rings. The molecule has 2 N–H and O–H groups in total. The summed E-state index contributed by atoms with van der Waals surface area (Å²) >= 11 is 0. The number of benzene rings is 2. The van der Waals surface area contributed by atoms with E-state index in [4.69, 9.17) is 10.5 Å². The van der Waals surface area contributed by atoms with Gasteiger partial charge in [0.2, 0.25) is 0 Å². The Balaban J connectivity index is 1.43. The summed E-state index contributed by atoms with van der Waals surface area (Å²) in [7, 11) is 0. The Bertz CT molecular complexity index is 597. The highest BCUT2D eigenvalue weighted by Gasteiger charge is 2.14. The number of hydrogen-bond acceptors (Lipinski definition) is 3. The summed E-state index contributed by atoms with van der Waals surface area (Å²) in [6.07, 6.45) is 2.20. The first-order valence-electron chi connectivity index (χ1n) is 7.59. The van der Waals surface area contributed by atoms with Crippen LogP contribution in [-0.4, -0.2) is 24.6 Å². The summed E-state index contributed by atoms with van der Waals surface area (Å²) < 4.78 is 5.74. The van der Waals surface area contributed by atoms with Crippen molar-refractivity contribution in [1.29, 1.82) is 0 Å². The van der Waals surface area contributed by atoms with Gasteiger partial charge in [0.1, 0.15) is 5.75 Å². The highest BCUT2D eigenvalue weighted by atomic mass is 16.5. The van der Waals surface area contributed by atoms with Gasteiger partial charge in [-0.2, -0.15) is 0 Å². The second kappa shape index (κ2) is 6.64. The number of nitrogens with zero attached hydrogens (tertiary/aromatic N) is 1. The smallest absolute Gasteiger partial charge is 0.121 e. The van der Waals surface area contributed by atoms with E-state index in [1.807, 2.05) is 24.3 Å². The molecule has 3 rings (SSSR count). The topological polar surface area (TPSA) is 38.5 Å². The molecule has 0 radical (unpaired) electrons. The van der Waals surface area contributed by atoms with Crippen LogP contribution in [0.15, 0.2) is 48.5 Å². The minimum atomic E-state index is 0.738. The van der Waals surface area contributed by atoms with E-state index in [9.17, 15) is 0 Å². The maximum absolute atomic E-state index is 5.74. The molecule has 1 heterocycles. The van der Waals surface area contributed by atoms with Crippen molar-refractivity contribution in [3.63, 3.8) is 0 Å². The first-order valence-corrected chi connectivity index (χ1v) is 7.59. The lowest BCUT2D eigenvalue weighted by atomic mass is 10.00. The van der Waals surface area contributed by atoms with Gasteiger partial charge in [-0.05, 0) is 36.1 Å². The van der Waals surface area contributed by atoms with Gasteiger partial charge in [0.15, 0.2) is 0 Å². The van der Waals surface area contributed by atoms with Crippen molar-refractivity contribution in [3.8, 4) is 5.75 Å². The lowest BCUT2D eigenvalue weighted by Crippen LogP contribution is -2.31. The third kappa shape index (κ3) is 3.76. The lowest BCUT2D eigenvalue weighted by Gasteiger charge is -2.28. The molecule has 0 bridgehead atoms. The Morgan fingerprint density at radius 1 is 1.05 bits per heavy atom. The molecule has 0 saturated heterocycles. The molecule has 0 amide bonds. The zero-order valence-corrected chi connectivity index (χ0v) is 12.3. The average Bonchev–Trinajstić information content (AvgIpc) is 2.51. The second-order valence-electron chi connectivity index (χ2n) is 5.57. The number of nitrogens with two attached hydrogens (primary N) is 1. The zero-order valence-electron chi connectivity index (χ0n) is 12.3. The molecule has 2 aromatic rings. The van der Waals surface area contributed by atoms with Crippen LogP contribution in [0.25, 0.3) is 0 Å². The molecular weight excluding hydrogens is 260 g/mol. The number of ether oxygens (including phenoxy) is 1. The monoisotopic (exact) mass is 282 g/mol. The van der Waals surface area contributed by atoms with Crippen LogP contribution in [0.4, 0.5) is 5.69 Å². The molecule has 1 aliphatic rings. The van der Waals surface area contributed by atoms with Crippen LogP contribution in [-0.2, 0) is 13.0 Å². The van der Waals surface area contributed by atoms with Crippen molar-refractivity contribution in [2.24, 2.45) is 0 Å². The maximum atomic E-state index is 5.74. The van der Waals surface area contributed by atoms with Gasteiger partial charge >= 0.3 is 0 Å². The SMILES string of the molecule is Nc1cccc(OCCCN2CCc3ccccc3C2)c1. The fourth-order valence-electron chi connectivity index (χ4n) is 2.83. The molecule has 0 spiro atoms. The van der Waals surface area contributed by atoms with Gasteiger partial charge in [0.25, 0.3) is 0 Å². The van der Waals surface area contributed by atoms with Crippen LogP contribution in [0.2, 0.25) is 0 Å². The van der Waals surface area contributed by atoms with Crippen LogP contribution < -0.4 is 10.5 Å². The molecule has 3 heteroatoms. The molecule has 110 valence electrons. The first-order chi connectivity index (χ1) is 10.3. The average molecular weight is 282 g/mol. The molecule has 0 saturated carbocycles. The first kappa shape index (κ1) is 14.0. The molecule has 0 aromatic heterocycles. The second-order valence-corrected chi connectivity index (χ2v) is 5.57. The molecule has 0 atom stereocenters. The van der Waals surface area contributed by atoms with E-state index in [-0.39, 0.29) is 0 Å². The summed E-state index contributed by atoms with van der Waals surface area (Å²) in [6.45, 7) is 4.03. The lowest BCUT2D eigenvalue weighted by molar-refractivity contribution is 0.221. The number of rotatable bonds is 5. The van der Waals surface area contributed by atoms with Crippen LogP contribution in [0, 0.1) is 0 Å². The van der Waals surface area contributed by atoms with Crippen LogP contribution >= 0.6 is 0 Å². The predicted octanol–water partition coefficient (Wildman–Crippen LogP) is 3.10. The Morgan fingerprint density at radius 3 is 2.76 bits per heavy atom. The third-order valence-electron chi connectivity index (χ3n) is 3.96. The van der Waals surface area contributed by atoms with Gasteiger partial charge in [-0.25, -0.2) is 0 Å². The number of anilines is 1.